The molecule has 0 aliphatic heterocycles. The summed E-state index contributed by atoms with van der Waals surface area (Å²) in [4.78, 5) is 11.5. The molecule has 0 aliphatic rings. The molecule has 6 heteroatoms. The number of amides is 1. The highest BCUT2D eigenvalue weighted by Crippen LogP contribution is 2.07. The lowest BCUT2D eigenvalue weighted by atomic mass is 10.3. The van der Waals surface area contributed by atoms with E-state index in [2.05, 4.69) is 10.4 Å². The van der Waals surface area contributed by atoms with Crippen LogP contribution in [0.15, 0.2) is 12.4 Å². The van der Waals surface area contributed by atoms with Gasteiger partial charge < -0.3 is 14.8 Å². The maximum atomic E-state index is 11.5. The van der Waals surface area contributed by atoms with Crippen LogP contribution >= 0.6 is 0 Å². The molecule has 0 aromatic carbocycles. The molecular weight excluding hydrogens is 222 g/mol. The van der Waals surface area contributed by atoms with Gasteiger partial charge in [-0.25, -0.2) is 0 Å². The van der Waals surface area contributed by atoms with Gasteiger partial charge in [-0.3, -0.25) is 9.48 Å². The standard InChI is InChI=1S/C11H19N3O3/c1-4-14-6-10(5-12-14)17-8-11(15)13-9(2)7-16-3/h5-6,9H,4,7-8H2,1-3H3,(H,13,15). The molecule has 17 heavy (non-hydrogen) atoms. The fourth-order valence-electron chi connectivity index (χ4n) is 1.35. The van der Waals surface area contributed by atoms with Crippen LogP contribution in [0.5, 0.6) is 5.75 Å². The predicted octanol–water partition coefficient (Wildman–Crippen LogP) is 0.433. The molecule has 1 aromatic heterocycles. The van der Waals surface area contributed by atoms with Crippen LogP contribution < -0.4 is 10.1 Å². The summed E-state index contributed by atoms with van der Waals surface area (Å²) >= 11 is 0. The second-order valence-corrected chi connectivity index (χ2v) is 3.74. The summed E-state index contributed by atoms with van der Waals surface area (Å²) < 4.78 is 11.9. The van der Waals surface area contributed by atoms with Crippen LogP contribution in [0.1, 0.15) is 13.8 Å². The highest BCUT2D eigenvalue weighted by Gasteiger charge is 2.08. The molecule has 0 saturated carbocycles. The van der Waals surface area contributed by atoms with E-state index in [4.69, 9.17) is 9.47 Å². The third-order valence-electron chi connectivity index (χ3n) is 2.13. The van der Waals surface area contributed by atoms with E-state index in [-0.39, 0.29) is 18.6 Å². The summed E-state index contributed by atoms with van der Waals surface area (Å²) in [5.74, 6) is 0.431. The van der Waals surface area contributed by atoms with Gasteiger partial charge in [-0.15, -0.1) is 0 Å². The van der Waals surface area contributed by atoms with Gasteiger partial charge in [0.25, 0.3) is 5.91 Å². The Morgan fingerprint density at radius 2 is 2.41 bits per heavy atom. The largest absolute Gasteiger partial charge is 0.480 e. The highest BCUT2D eigenvalue weighted by molar-refractivity contribution is 5.77. The smallest absolute Gasteiger partial charge is 0.258 e. The lowest BCUT2D eigenvalue weighted by molar-refractivity contribution is -0.124. The van der Waals surface area contributed by atoms with Crippen LogP contribution in [0.25, 0.3) is 0 Å². The third-order valence-corrected chi connectivity index (χ3v) is 2.13. The molecule has 1 aromatic rings. The number of nitrogens with one attached hydrogen (secondary N) is 1. The van der Waals surface area contributed by atoms with Crippen molar-refractivity contribution < 1.29 is 14.3 Å². The molecule has 1 heterocycles. The molecule has 0 saturated heterocycles. The molecule has 96 valence electrons. The molecule has 1 atom stereocenters. The summed E-state index contributed by atoms with van der Waals surface area (Å²) in [6.45, 7) is 5.11. The summed E-state index contributed by atoms with van der Waals surface area (Å²) in [6.07, 6.45) is 3.35. The molecule has 0 radical (unpaired) electrons. The Balaban J connectivity index is 2.27. The third kappa shape index (κ3) is 4.86. The van der Waals surface area contributed by atoms with E-state index in [9.17, 15) is 4.79 Å². The van der Waals surface area contributed by atoms with Gasteiger partial charge in [0.2, 0.25) is 0 Å². The van der Waals surface area contributed by atoms with Gasteiger partial charge in [0.15, 0.2) is 12.4 Å². The molecule has 1 N–H and O–H groups in total. The van der Waals surface area contributed by atoms with Crippen molar-refractivity contribution in [2.45, 2.75) is 26.4 Å². The second-order valence-electron chi connectivity index (χ2n) is 3.74. The van der Waals surface area contributed by atoms with E-state index >= 15 is 0 Å². The number of aromatic nitrogens is 2. The molecule has 0 fully saturated rings. The fourth-order valence-corrected chi connectivity index (χ4v) is 1.35. The van der Waals surface area contributed by atoms with E-state index in [0.717, 1.165) is 6.54 Å². The first-order valence-corrected chi connectivity index (χ1v) is 5.59. The summed E-state index contributed by atoms with van der Waals surface area (Å²) in [7, 11) is 1.60. The molecular formula is C11H19N3O3. The molecule has 1 unspecified atom stereocenters. The molecule has 0 spiro atoms. The summed E-state index contributed by atoms with van der Waals surface area (Å²) in [5, 5.41) is 6.80. The van der Waals surface area contributed by atoms with Gasteiger partial charge in [0.1, 0.15) is 0 Å². The normalized spacial score (nSPS) is 12.2. The van der Waals surface area contributed by atoms with Gasteiger partial charge in [0.05, 0.1) is 19.0 Å². The maximum absolute atomic E-state index is 11.5. The lowest BCUT2D eigenvalue weighted by Crippen LogP contribution is -2.38. The number of methoxy groups -OCH3 is 1. The molecule has 0 bridgehead atoms. The van der Waals surface area contributed by atoms with Crippen LogP contribution in [0, 0.1) is 0 Å². The summed E-state index contributed by atoms with van der Waals surface area (Å²) in [5.41, 5.74) is 0. The van der Waals surface area contributed by atoms with Crippen LogP contribution in [-0.2, 0) is 16.1 Å². The molecule has 1 amide bonds. The Bertz CT molecular complexity index is 351. The van der Waals surface area contributed by atoms with Crippen molar-refractivity contribution in [3.63, 3.8) is 0 Å². The Morgan fingerprint density at radius 3 is 3.00 bits per heavy atom. The zero-order chi connectivity index (χ0) is 12.7. The first-order chi connectivity index (χ1) is 8.15. The van der Waals surface area contributed by atoms with Crippen LogP contribution in [-0.4, -0.2) is 42.1 Å². The Labute approximate surface area is 101 Å². The first-order valence-electron chi connectivity index (χ1n) is 5.59. The molecule has 0 aliphatic carbocycles. The zero-order valence-corrected chi connectivity index (χ0v) is 10.5. The van der Waals surface area contributed by atoms with Crippen molar-refractivity contribution in [2.75, 3.05) is 20.3 Å². The van der Waals surface area contributed by atoms with E-state index in [0.29, 0.717) is 12.4 Å². The van der Waals surface area contributed by atoms with E-state index < -0.39 is 0 Å². The number of carbonyl (C=O) groups is 1. The van der Waals surface area contributed by atoms with E-state index in [1.54, 1.807) is 24.2 Å². The average molecular weight is 241 g/mol. The van der Waals surface area contributed by atoms with Crippen molar-refractivity contribution >= 4 is 5.91 Å². The maximum Gasteiger partial charge on any atom is 0.258 e. The second kappa shape index (κ2) is 6.90. The Hall–Kier alpha value is -1.56. The number of nitrogens with zero attached hydrogens (tertiary/aromatic N) is 2. The number of rotatable bonds is 7. The van der Waals surface area contributed by atoms with Crippen LogP contribution in [0.2, 0.25) is 0 Å². The van der Waals surface area contributed by atoms with E-state index in [1.807, 2.05) is 13.8 Å². The van der Waals surface area contributed by atoms with Gasteiger partial charge in [-0.05, 0) is 13.8 Å². The van der Waals surface area contributed by atoms with Gasteiger partial charge in [-0.1, -0.05) is 0 Å². The SMILES string of the molecule is CCn1cc(OCC(=O)NC(C)COC)cn1. The molecule has 6 nitrogen and oxygen atoms in total. The van der Waals surface area contributed by atoms with Crippen molar-refractivity contribution in [2.24, 2.45) is 0 Å². The minimum atomic E-state index is -0.168. The topological polar surface area (TPSA) is 65.4 Å². The number of hydrogen-bond donors (Lipinski definition) is 1. The predicted molar refractivity (Wildman–Crippen MR) is 62.9 cm³/mol. The number of aryl methyl sites for hydroxylation is 1. The zero-order valence-electron chi connectivity index (χ0n) is 10.5. The number of ether oxygens (including phenoxy) is 2. The monoisotopic (exact) mass is 241 g/mol. The van der Waals surface area contributed by atoms with Crippen LogP contribution in [0.3, 0.4) is 0 Å². The van der Waals surface area contributed by atoms with E-state index in [1.165, 1.54) is 0 Å². The van der Waals surface area contributed by atoms with Crippen molar-refractivity contribution in [3.8, 4) is 5.75 Å². The number of carbonyl (C=O) groups excluding carboxylic acids is 1. The quantitative estimate of drug-likeness (QED) is 0.752. The first kappa shape index (κ1) is 13.5. The average Bonchev–Trinajstić information content (AvgIpc) is 2.74. The van der Waals surface area contributed by atoms with Gasteiger partial charge in [-0.2, -0.15) is 5.10 Å². The molecule has 1 rings (SSSR count). The Kier molecular flexibility index (Phi) is 5.48. The van der Waals surface area contributed by atoms with Crippen molar-refractivity contribution in [3.05, 3.63) is 12.4 Å². The lowest BCUT2D eigenvalue weighted by Gasteiger charge is -2.12. The van der Waals surface area contributed by atoms with Gasteiger partial charge >= 0.3 is 0 Å². The minimum absolute atomic E-state index is 0.0105. The number of hydrogen-bond acceptors (Lipinski definition) is 4. The Morgan fingerprint density at radius 1 is 1.65 bits per heavy atom. The van der Waals surface area contributed by atoms with Crippen molar-refractivity contribution in [1.82, 2.24) is 15.1 Å². The fraction of sp³-hybridized carbons (Fsp3) is 0.636. The minimum Gasteiger partial charge on any atom is -0.480 e. The van der Waals surface area contributed by atoms with Crippen LogP contribution in [0.4, 0.5) is 0 Å². The van der Waals surface area contributed by atoms with Crippen molar-refractivity contribution in [1.29, 1.82) is 0 Å². The summed E-state index contributed by atoms with van der Waals surface area (Å²) in [6, 6.07) is -0.0190. The van der Waals surface area contributed by atoms with Gasteiger partial charge in [0, 0.05) is 19.7 Å². The highest BCUT2D eigenvalue weighted by atomic mass is 16.5.